The summed E-state index contributed by atoms with van der Waals surface area (Å²) in [6.07, 6.45) is 2.62. The fourth-order valence-corrected chi connectivity index (χ4v) is 4.10. The van der Waals surface area contributed by atoms with Crippen LogP contribution in [0.2, 0.25) is 0 Å². The standard InChI is InChI=1S/C21H23ClFN3O5/c22-5-1-2-19(27)25-8-6-24(7-9-25)17-11-16-14(10-15(17)23)20(28)18(31-21(29)30)12-26(16)13-3-4-13/h10-13H,1-9H2,(H,29,30). The Bertz CT molecular complexity index is 1080. The van der Waals surface area contributed by atoms with Crippen LogP contribution in [0.3, 0.4) is 0 Å². The van der Waals surface area contributed by atoms with Crippen LogP contribution in [0, 0.1) is 5.82 Å². The predicted octanol–water partition coefficient (Wildman–Crippen LogP) is 3.20. The van der Waals surface area contributed by atoms with Gasteiger partial charge in [0.25, 0.3) is 0 Å². The Balaban J connectivity index is 1.64. The lowest BCUT2D eigenvalue weighted by Gasteiger charge is -2.36. The topological polar surface area (TPSA) is 92.1 Å². The minimum absolute atomic E-state index is 0.0489. The van der Waals surface area contributed by atoms with Gasteiger partial charge in [-0.15, -0.1) is 11.6 Å². The highest BCUT2D eigenvalue weighted by atomic mass is 35.5. The van der Waals surface area contributed by atoms with Gasteiger partial charge >= 0.3 is 6.16 Å². The number of hydrogen-bond donors (Lipinski definition) is 1. The molecule has 1 N–H and O–H groups in total. The van der Waals surface area contributed by atoms with Gasteiger partial charge in [-0.25, -0.2) is 9.18 Å². The van der Waals surface area contributed by atoms with E-state index in [0.717, 1.165) is 18.9 Å². The number of benzene rings is 1. The molecule has 0 radical (unpaired) electrons. The molecule has 10 heteroatoms. The molecule has 2 fully saturated rings. The molecule has 1 saturated heterocycles. The van der Waals surface area contributed by atoms with Crippen molar-refractivity contribution in [2.75, 3.05) is 37.0 Å². The number of hydrogen-bond acceptors (Lipinski definition) is 5. The van der Waals surface area contributed by atoms with Gasteiger partial charge in [0, 0.05) is 44.5 Å². The molecule has 1 aromatic heterocycles. The van der Waals surface area contributed by atoms with Gasteiger partial charge in [0.05, 0.1) is 22.8 Å². The SMILES string of the molecule is O=C(O)Oc1cn(C2CC2)c2cc(N3CCN(C(=O)CCCCl)CC3)c(F)cc2c1=O. The highest BCUT2D eigenvalue weighted by molar-refractivity contribution is 6.17. The molecular formula is C21H23ClFN3O5. The third kappa shape index (κ3) is 4.46. The van der Waals surface area contributed by atoms with Crippen LogP contribution in [0.1, 0.15) is 31.7 Å². The number of aromatic nitrogens is 1. The molecule has 166 valence electrons. The van der Waals surface area contributed by atoms with Crippen molar-refractivity contribution in [3.8, 4) is 5.75 Å². The van der Waals surface area contributed by atoms with Crippen molar-refractivity contribution in [2.45, 2.75) is 31.7 Å². The van der Waals surface area contributed by atoms with E-state index in [1.165, 1.54) is 6.20 Å². The zero-order valence-electron chi connectivity index (χ0n) is 16.9. The third-order valence-electron chi connectivity index (χ3n) is 5.70. The molecule has 0 atom stereocenters. The van der Waals surface area contributed by atoms with Crippen LogP contribution in [0.15, 0.2) is 23.1 Å². The van der Waals surface area contributed by atoms with E-state index in [-0.39, 0.29) is 23.1 Å². The van der Waals surface area contributed by atoms with Crippen molar-refractivity contribution in [3.63, 3.8) is 0 Å². The third-order valence-corrected chi connectivity index (χ3v) is 5.97. The molecule has 4 rings (SSSR count). The highest BCUT2D eigenvalue weighted by Crippen LogP contribution is 2.39. The number of halogens is 2. The molecule has 0 unspecified atom stereocenters. The monoisotopic (exact) mass is 451 g/mol. The molecular weight excluding hydrogens is 429 g/mol. The number of carboxylic acid groups (broad SMARTS) is 1. The summed E-state index contributed by atoms with van der Waals surface area (Å²) in [5.41, 5.74) is 0.248. The Morgan fingerprint density at radius 1 is 1.19 bits per heavy atom. The summed E-state index contributed by atoms with van der Waals surface area (Å²) in [6, 6.07) is 2.91. The second-order valence-corrected chi connectivity index (χ2v) is 8.19. The average molecular weight is 452 g/mol. The van der Waals surface area contributed by atoms with Gasteiger partial charge in [0.15, 0.2) is 5.75 Å². The summed E-state index contributed by atoms with van der Waals surface area (Å²) in [7, 11) is 0. The van der Waals surface area contributed by atoms with E-state index in [9.17, 15) is 14.4 Å². The summed E-state index contributed by atoms with van der Waals surface area (Å²) in [6.45, 7) is 1.92. The first-order chi connectivity index (χ1) is 14.9. The quantitative estimate of drug-likeness (QED) is 0.535. The molecule has 1 aromatic carbocycles. The Morgan fingerprint density at radius 3 is 2.52 bits per heavy atom. The number of rotatable bonds is 6. The maximum atomic E-state index is 15.0. The molecule has 31 heavy (non-hydrogen) atoms. The summed E-state index contributed by atoms with van der Waals surface area (Å²) in [5.74, 6) is -0.409. The number of nitrogens with zero attached hydrogens (tertiary/aromatic N) is 3. The molecule has 2 heterocycles. The number of anilines is 1. The van der Waals surface area contributed by atoms with Gasteiger partial charge in [0.2, 0.25) is 11.3 Å². The number of amides is 1. The number of alkyl halides is 1. The van der Waals surface area contributed by atoms with E-state index in [1.807, 2.05) is 4.90 Å². The molecule has 1 saturated carbocycles. The van der Waals surface area contributed by atoms with E-state index in [1.54, 1.807) is 15.5 Å². The molecule has 8 nitrogen and oxygen atoms in total. The summed E-state index contributed by atoms with van der Waals surface area (Å²) >= 11 is 5.66. The van der Waals surface area contributed by atoms with Crippen molar-refractivity contribution in [1.29, 1.82) is 0 Å². The van der Waals surface area contributed by atoms with Crippen LogP contribution in [0.5, 0.6) is 5.75 Å². The maximum absolute atomic E-state index is 15.0. The van der Waals surface area contributed by atoms with Crippen LogP contribution in [-0.2, 0) is 4.79 Å². The van der Waals surface area contributed by atoms with Gasteiger partial charge in [0.1, 0.15) is 5.82 Å². The first-order valence-corrected chi connectivity index (χ1v) is 10.8. The lowest BCUT2D eigenvalue weighted by molar-refractivity contribution is -0.131. The molecule has 1 aliphatic carbocycles. The van der Waals surface area contributed by atoms with Gasteiger partial charge < -0.3 is 24.2 Å². The van der Waals surface area contributed by atoms with Crippen LogP contribution in [0.25, 0.3) is 10.9 Å². The summed E-state index contributed by atoms with van der Waals surface area (Å²) < 4.78 is 21.4. The Morgan fingerprint density at radius 2 is 1.90 bits per heavy atom. The van der Waals surface area contributed by atoms with Gasteiger partial charge in [-0.05, 0) is 31.4 Å². The van der Waals surface area contributed by atoms with E-state index in [0.29, 0.717) is 56.1 Å². The Kier molecular flexibility index (Phi) is 6.04. The van der Waals surface area contributed by atoms with Crippen molar-refractivity contribution >= 4 is 40.3 Å². The van der Waals surface area contributed by atoms with E-state index in [4.69, 9.17) is 16.7 Å². The lowest BCUT2D eigenvalue weighted by Crippen LogP contribution is -2.49. The molecule has 2 aliphatic rings. The first kappa shape index (κ1) is 21.4. The van der Waals surface area contributed by atoms with Crippen LogP contribution >= 0.6 is 11.6 Å². The normalized spacial score (nSPS) is 16.6. The minimum Gasteiger partial charge on any atom is -0.449 e. The first-order valence-electron chi connectivity index (χ1n) is 10.3. The summed E-state index contributed by atoms with van der Waals surface area (Å²) in [4.78, 5) is 39.4. The fraction of sp³-hybridized carbons (Fsp3) is 0.476. The van der Waals surface area contributed by atoms with Crippen LogP contribution in [-0.4, -0.2) is 58.7 Å². The van der Waals surface area contributed by atoms with Crippen LogP contribution in [0.4, 0.5) is 14.9 Å². The van der Waals surface area contributed by atoms with Crippen molar-refractivity contribution in [3.05, 3.63) is 34.4 Å². The van der Waals surface area contributed by atoms with Crippen LogP contribution < -0.4 is 15.1 Å². The smallest absolute Gasteiger partial charge is 0.449 e. The van der Waals surface area contributed by atoms with E-state index >= 15 is 4.39 Å². The van der Waals surface area contributed by atoms with Crippen molar-refractivity contribution in [1.82, 2.24) is 9.47 Å². The van der Waals surface area contributed by atoms with Crippen molar-refractivity contribution in [2.24, 2.45) is 0 Å². The van der Waals surface area contributed by atoms with Gasteiger partial charge in [-0.1, -0.05) is 0 Å². The predicted molar refractivity (Wildman–Crippen MR) is 114 cm³/mol. The number of ether oxygens (including phenoxy) is 1. The molecule has 1 amide bonds. The molecule has 1 aliphatic heterocycles. The van der Waals surface area contributed by atoms with Crippen molar-refractivity contribution < 1.29 is 23.8 Å². The maximum Gasteiger partial charge on any atom is 0.511 e. The zero-order chi connectivity index (χ0) is 22.1. The number of pyridine rings is 1. The fourth-order valence-electron chi connectivity index (χ4n) is 3.97. The Labute approximate surface area is 182 Å². The Hall–Kier alpha value is -2.81. The lowest BCUT2D eigenvalue weighted by atomic mass is 10.1. The second-order valence-electron chi connectivity index (χ2n) is 7.81. The van der Waals surface area contributed by atoms with E-state index in [2.05, 4.69) is 4.74 Å². The summed E-state index contributed by atoms with van der Waals surface area (Å²) in [5, 5.41) is 8.98. The second kappa shape index (κ2) is 8.74. The molecule has 0 spiro atoms. The average Bonchev–Trinajstić information content (AvgIpc) is 3.59. The highest BCUT2D eigenvalue weighted by Gasteiger charge is 2.28. The molecule has 0 bridgehead atoms. The van der Waals surface area contributed by atoms with Gasteiger partial charge in [-0.2, -0.15) is 0 Å². The largest absolute Gasteiger partial charge is 0.511 e. The minimum atomic E-state index is -1.59. The number of carbonyl (C=O) groups is 2. The van der Waals surface area contributed by atoms with Gasteiger partial charge in [-0.3, -0.25) is 9.59 Å². The molecule has 2 aromatic rings. The number of carbonyl (C=O) groups excluding carboxylic acids is 1. The number of fused-ring (bicyclic) bond motifs is 1. The van der Waals surface area contributed by atoms with E-state index < -0.39 is 17.4 Å². The number of piperazine rings is 1. The zero-order valence-corrected chi connectivity index (χ0v) is 17.6.